The molecule has 0 unspecified atom stereocenters. The van der Waals surface area contributed by atoms with Crippen molar-refractivity contribution < 1.29 is 0 Å². The minimum Gasteiger partial charge on any atom is -0.399 e. The van der Waals surface area contributed by atoms with Crippen LogP contribution < -0.4 is 5.73 Å². The van der Waals surface area contributed by atoms with Gasteiger partial charge in [-0.2, -0.15) is 0 Å². The Morgan fingerprint density at radius 2 is 1.30 bits per heavy atom. The summed E-state index contributed by atoms with van der Waals surface area (Å²) in [5, 5.41) is 0. The summed E-state index contributed by atoms with van der Waals surface area (Å²) in [5.74, 6) is 0. The van der Waals surface area contributed by atoms with Crippen molar-refractivity contribution in [2.24, 2.45) is 0 Å². The molecule has 0 spiro atoms. The van der Waals surface area contributed by atoms with Gasteiger partial charge in [0.15, 0.2) is 0 Å². The van der Waals surface area contributed by atoms with Gasteiger partial charge in [0.05, 0.1) is 0 Å². The van der Waals surface area contributed by atoms with Gasteiger partial charge in [0.25, 0.3) is 0 Å². The summed E-state index contributed by atoms with van der Waals surface area (Å²) >= 11 is 0. The van der Waals surface area contributed by atoms with Gasteiger partial charge in [0.2, 0.25) is 0 Å². The third-order valence-corrected chi connectivity index (χ3v) is 3.33. The number of hydrogen-bond donors (Lipinski definition) is 1. The van der Waals surface area contributed by atoms with Gasteiger partial charge < -0.3 is 5.73 Å². The second-order valence-corrected chi connectivity index (χ2v) is 5.17. The van der Waals surface area contributed by atoms with Crippen LogP contribution in [0.3, 0.4) is 0 Å². The molecule has 1 aromatic carbocycles. The van der Waals surface area contributed by atoms with Crippen LogP contribution in [-0.4, -0.2) is 9.97 Å². The fraction of sp³-hybridized carbons (Fsp3) is 0. The van der Waals surface area contributed by atoms with E-state index in [1.807, 2.05) is 73.1 Å². The maximum absolute atomic E-state index is 5.79. The van der Waals surface area contributed by atoms with Crippen LogP contribution in [0.1, 0.15) is 22.3 Å². The van der Waals surface area contributed by atoms with Crippen molar-refractivity contribution in [3.8, 4) is 0 Å². The molecule has 0 aliphatic heterocycles. The molecule has 0 aliphatic rings. The summed E-state index contributed by atoms with van der Waals surface area (Å²) < 4.78 is 0. The first-order valence-electron chi connectivity index (χ1n) is 7.36. The third kappa shape index (κ3) is 4.38. The van der Waals surface area contributed by atoms with E-state index in [4.69, 9.17) is 5.73 Å². The van der Waals surface area contributed by atoms with Gasteiger partial charge in [-0.05, 0) is 52.6 Å². The zero-order valence-corrected chi connectivity index (χ0v) is 12.6. The molecule has 3 rings (SSSR count). The van der Waals surface area contributed by atoms with Gasteiger partial charge in [-0.3, -0.25) is 9.97 Å². The van der Waals surface area contributed by atoms with Gasteiger partial charge in [0.1, 0.15) is 0 Å². The van der Waals surface area contributed by atoms with Crippen LogP contribution in [-0.2, 0) is 0 Å². The number of benzene rings is 1. The maximum atomic E-state index is 5.79. The third-order valence-electron chi connectivity index (χ3n) is 3.33. The van der Waals surface area contributed by atoms with Crippen LogP contribution in [0.25, 0.3) is 24.3 Å². The van der Waals surface area contributed by atoms with Crippen molar-refractivity contribution in [3.63, 3.8) is 0 Å². The topological polar surface area (TPSA) is 51.8 Å². The van der Waals surface area contributed by atoms with Crippen LogP contribution in [0.4, 0.5) is 5.69 Å². The number of anilines is 1. The minimum absolute atomic E-state index is 0.763. The van der Waals surface area contributed by atoms with Crippen molar-refractivity contribution in [2.75, 3.05) is 5.73 Å². The Kier molecular flexibility index (Phi) is 4.60. The molecule has 3 aromatic rings. The molecule has 3 heteroatoms. The van der Waals surface area contributed by atoms with Crippen molar-refractivity contribution in [2.45, 2.75) is 0 Å². The van der Waals surface area contributed by atoms with Gasteiger partial charge in [-0.15, -0.1) is 0 Å². The van der Waals surface area contributed by atoms with E-state index in [0.29, 0.717) is 0 Å². The molecule has 0 saturated heterocycles. The lowest BCUT2D eigenvalue weighted by Crippen LogP contribution is -1.84. The summed E-state index contributed by atoms with van der Waals surface area (Å²) in [7, 11) is 0. The van der Waals surface area contributed by atoms with E-state index in [9.17, 15) is 0 Å². The molecule has 0 amide bonds. The lowest BCUT2D eigenvalue weighted by atomic mass is 10.1. The molecule has 2 N–H and O–H groups in total. The smallest absolute Gasteiger partial charge is 0.0340 e. The fourth-order valence-electron chi connectivity index (χ4n) is 2.18. The van der Waals surface area contributed by atoms with E-state index in [1.165, 1.54) is 0 Å². The number of nitrogens with zero attached hydrogens (tertiary/aromatic N) is 2. The molecular formula is C20H17N3. The number of rotatable bonds is 4. The number of aromatic nitrogens is 2. The summed E-state index contributed by atoms with van der Waals surface area (Å²) in [5.41, 5.74) is 10.8. The minimum atomic E-state index is 0.763. The van der Waals surface area contributed by atoms with Gasteiger partial charge in [0, 0.05) is 30.5 Å². The zero-order valence-electron chi connectivity index (χ0n) is 12.6. The first kappa shape index (κ1) is 14.7. The lowest BCUT2D eigenvalue weighted by Gasteiger charge is -1.98. The van der Waals surface area contributed by atoms with E-state index in [1.54, 1.807) is 12.4 Å². The number of nitrogen functional groups attached to an aromatic ring is 1. The molecule has 2 heterocycles. The van der Waals surface area contributed by atoms with Crippen molar-refractivity contribution in [1.29, 1.82) is 0 Å². The van der Waals surface area contributed by atoms with Gasteiger partial charge in [-0.25, -0.2) is 0 Å². The molecule has 112 valence electrons. The molecule has 0 saturated carbocycles. The van der Waals surface area contributed by atoms with Crippen LogP contribution in [0, 0.1) is 0 Å². The Morgan fingerprint density at radius 3 is 2.00 bits per heavy atom. The summed E-state index contributed by atoms with van der Waals surface area (Å²) in [6, 6.07) is 13.8. The van der Waals surface area contributed by atoms with E-state index < -0.39 is 0 Å². The first-order chi connectivity index (χ1) is 11.3. The molecule has 23 heavy (non-hydrogen) atoms. The molecule has 0 bridgehead atoms. The highest BCUT2D eigenvalue weighted by atomic mass is 14.6. The second kappa shape index (κ2) is 7.18. The summed E-state index contributed by atoms with van der Waals surface area (Å²) in [6.45, 7) is 0. The lowest BCUT2D eigenvalue weighted by molar-refractivity contribution is 1.30. The zero-order chi connectivity index (χ0) is 15.9. The highest BCUT2D eigenvalue weighted by Gasteiger charge is 1.93. The number of pyridine rings is 2. The average Bonchev–Trinajstić information content (AvgIpc) is 2.60. The highest BCUT2D eigenvalue weighted by molar-refractivity contribution is 5.74. The van der Waals surface area contributed by atoms with Crippen LogP contribution >= 0.6 is 0 Å². The molecule has 0 fully saturated rings. The number of hydrogen-bond acceptors (Lipinski definition) is 3. The van der Waals surface area contributed by atoms with E-state index in [2.05, 4.69) is 16.0 Å². The van der Waals surface area contributed by atoms with E-state index in [0.717, 1.165) is 27.9 Å². The first-order valence-corrected chi connectivity index (χ1v) is 7.36. The Morgan fingerprint density at radius 1 is 0.652 bits per heavy atom. The summed E-state index contributed by atoms with van der Waals surface area (Å²) in [6.07, 6.45) is 15.4. The van der Waals surface area contributed by atoms with Crippen LogP contribution in [0.15, 0.2) is 67.3 Å². The van der Waals surface area contributed by atoms with Crippen molar-refractivity contribution >= 4 is 30.0 Å². The van der Waals surface area contributed by atoms with Gasteiger partial charge >= 0.3 is 0 Å². The predicted octanol–water partition coefficient (Wildman–Crippen LogP) is 4.40. The molecular weight excluding hydrogens is 282 g/mol. The highest BCUT2D eigenvalue weighted by Crippen LogP contribution is 2.13. The normalized spacial score (nSPS) is 11.3. The molecule has 2 aromatic heterocycles. The predicted molar refractivity (Wildman–Crippen MR) is 97.2 cm³/mol. The van der Waals surface area contributed by atoms with Crippen LogP contribution in [0.2, 0.25) is 0 Å². The number of nitrogens with two attached hydrogens (primary N) is 1. The largest absolute Gasteiger partial charge is 0.399 e. The van der Waals surface area contributed by atoms with E-state index in [-0.39, 0.29) is 0 Å². The quantitative estimate of drug-likeness (QED) is 0.726. The van der Waals surface area contributed by atoms with Crippen LogP contribution in [0.5, 0.6) is 0 Å². The van der Waals surface area contributed by atoms with Crippen molar-refractivity contribution in [3.05, 3.63) is 89.5 Å². The Balaban J connectivity index is 1.76. The molecule has 0 aliphatic carbocycles. The average molecular weight is 299 g/mol. The Labute approximate surface area is 135 Å². The molecule has 3 nitrogen and oxygen atoms in total. The second-order valence-electron chi connectivity index (χ2n) is 5.17. The van der Waals surface area contributed by atoms with Crippen molar-refractivity contribution in [1.82, 2.24) is 9.97 Å². The monoisotopic (exact) mass is 299 g/mol. The summed E-state index contributed by atoms with van der Waals surface area (Å²) in [4.78, 5) is 8.30. The van der Waals surface area contributed by atoms with Gasteiger partial charge in [-0.1, -0.05) is 36.4 Å². The Hall–Kier alpha value is -3.20. The standard InChI is InChI=1S/C20H17N3/c21-20-3-1-2-17(13-20)5-7-19-12-18(14-23-15-19)6-4-16-8-10-22-11-9-16/h1-15H,21H2. The SMILES string of the molecule is Nc1cccc(C=Cc2cncc(C=Cc3ccncc3)c2)c1. The fourth-order valence-corrected chi connectivity index (χ4v) is 2.18. The van der Waals surface area contributed by atoms with E-state index >= 15 is 0 Å². The maximum Gasteiger partial charge on any atom is 0.0340 e. The molecule has 0 atom stereocenters. The molecule has 0 radical (unpaired) electrons. The Bertz CT molecular complexity index is 836.